The van der Waals surface area contributed by atoms with Gasteiger partial charge in [0.2, 0.25) is 0 Å². The molecule has 0 aromatic carbocycles. The van der Waals surface area contributed by atoms with Gasteiger partial charge in [0.25, 0.3) is 0 Å². The van der Waals surface area contributed by atoms with E-state index in [0.717, 1.165) is 29.9 Å². The highest BCUT2D eigenvalue weighted by Gasteiger charge is 2.10. The number of aromatic nitrogens is 3. The minimum absolute atomic E-state index is 0.694. The zero-order valence-electron chi connectivity index (χ0n) is 9.60. The van der Waals surface area contributed by atoms with Crippen molar-refractivity contribution in [2.24, 2.45) is 0 Å². The standard InChI is InChI=1S/C11H16N4O/c1-3-15(6-7-16-2)11-10-9(4-5-12-10)13-8-14-11/h4-5,8,12H,3,6-7H2,1-2H3. The molecule has 2 heterocycles. The Labute approximate surface area is 94.5 Å². The number of nitrogens with one attached hydrogen (secondary N) is 1. The van der Waals surface area contributed by atoms with Crippen LogP contribution in [0.25, 0.3) is 11.0 Å². The number of hydrogen-bond donors (Lipinski definition) is 1. The summed E-state index contributed by atoms with van der Waals surface area (Å²) in [7, 11) is 1.71. The van der Waals surface area contributed by atoms with Gasteiger partial charge in [-0.15, -0.1) is 0 Å². The Balaban J connectivity index is 2.32. The molecule has 0 saturated heterocycles. The van der Waals surface area contributed by atoms with Crippen LogP contribution < -0.4 is 4.90 Å². The molecule has 16 heavy (non-hydrogen) atoms. The molecule has 86 valence electrons. The topological polar surface area (TPSA) is 54.0 Å². The molecule has 0 saturated carbocycles. The quantitative estimate of drug-likeness (QED) is 0.828. The minimum atomic E-state index is 0.694. The molecule has 2 rings (SSSR count). The van der Waals surface area contributed by atoms with Crippen LogP contribution in [-0.2, 0) is 4.74 Å². The maximum atomic E-state index is 5.09. The number of anilines is 1. The predicted octanol–water partition coefficient (Wildman–Crippen LogP) is 1.43. The van der Waals surface area contributed by atoms with E-state index in [1.54, 1.807) is 13.4 Å². The Hall–Kier alpha value is -1.62. The summed E-state index contributed by atoms with van der Waals surface area (Å²) in [6.07, 6.45) is 3.48. The molecule has 1 N–H and O–H groups in total. The summed E-state index contributed by atoms with van der Waals surface area (Å²) in [6.45, 7) is 4.53. The molecule has 2 aromatic heterocycles. The van der Waals surface area contributed by atoms with Crippen LogP contribution in [0.15, 0.2) is 18.6 Å². The van der Waals surface area contributed by atoms with Crippen LogP contribution in [0.3, 0.4) is 0 Å². The van der Waals surface area contributed by atoms with Gasteiger partial charge < -0.3 is 14.6 Å². The van der Waals surface area contributed by atoms with Gasteiger partial charge in [-0.25, -0.2) is 9.97 Å². The van der Waals surface area contributed by atoms with Gasteiger partial charge in [-0.3, -0.25) is 0 Å². The Morgan fingerprint density at radius 1 is 1.44 bits per heavy atom. The van der Waals surface area contributed by atoms with Crippen molar-refractivity contribution in [3.05, 3.63) is 18.6 Å². The van der Waals surface area contributed by atoms with Crippen molar-refractivity contribution in [3.63, 3.8) is 0 Å². The summed E-state index contributed by atoms with van der Waals surface area (Å²) < 4.78 is 5.09. The van der Waals surface area contributed by atoms with Crippen molar-refractivity contribution in [1.29, 1.82) is 0 Å². The number of aromatic amines is 1. The molecule has 0 spiro atoms. The zero-order chi connectivity index (χ0) is 11.4. The molecule has 0 radical (unpaired) electrons. The first-order chi connectivity index (χ1) is 7.86. The maximum Gasteiger partial charge on any atom is 0.156 e. The predicted molar refractivity (Wildman–Crippen MR) is 63.7 cm³/mol. The van der Waals surface area contributed by atoms with Gasteiger partial charge in [-0.1, -0.05) is 0 Å². The van der Waals surface area contributed by atoms with Crippen molar-refractivity contribution >= 4 is 16.9 Å². The third kappa shape index (κ3) is 1.99. The molecule has 0 bridgehead atoms. The molecule has 0 unspecified atom stereocenters. The second kappa shape index (κ2) is 4.94. The van der Waals surface area contributed by atoms with E-state index in [0.29, 0.717) is 6.61 Å². The van der Waals surface area contributed by atoms with E-state index in [1.165, 1.54) is 0 Å². The van der Waals surface area contributed by atoms with Crippen LogP contribution in [0, 0.1) is 0 Å². The van der Waals surface area contributed by atoms with Crippen LogP contribution in [0.2, 0.25) is 0 Å². The molecule has 0 aliphatic heterocycles. The third-order valence-corrected chi connectivity index (χ3v) is 2.57. The first kappa shape index (κ1) is 10.9. The SMILES string of the molecule is CCN(CCOC)c1ncnc2cc[nH]c12. The highest BCUT2D eigenvalue weighted by molar-refractivity contribution is 5.85. The lowest BCUT2D eigenvalue weighted by atomic mass is 10.4. The number of nitrogens with zero attached hydrogens (tertiary/aromatic N) is 3. The molecule has 0 fully saturated rings. The number of hydrogen-bond acceptors (Lipinski definition) is 4. The first-order valence-electron chi connectivity index (χ1n) is 5.38. The lowest BCUT2D eigenvalue weighted by Crippen LogP contribution is -2.27. The maximum absolute atomic E-state index is 5.09. The Morgan fingerprint density at radius 3 is 3.06 bits per heavy atom. The Kier molecular flexibility index (Phi) is 3.36. The van der Waals surface area contributed by atoms with Crippen LogP contribution in [0.1, 0.15) is 6.92 Å². The Morgan fingerprint density at radius 2 is 2.31 bits per heavy atom. The van der Waals surface area contributed by atoms with E-state index in [1.807, 2.05) is 12.3 Å². The second-order valence-corrected chi connectivity index (χ2v) is 3.51. The number of fused-ring (bicyclic) bond motifs is 1. The van der Waals surface area contributed by atoms with Gasteiger partial charge in [0.15, 0.2) is 5.82 Å². The third-order valence-electron chi connectivity index (χ3n) is 2.57. The van der Waals surface area contributed by atoms with Gasteiger partial charge in [-0.05, 0) is 13.0 Å². The summed E-state index contributed by atoms with van der Waals surface area (Å²) in [5.41, 5.74) is 1.93. The smallest absolute Gasteiger partial charge is 0.156 e. The minimum Gasteiger partial charge on any atom is -0.383 e. The summed E-state index contributed by atoms with van der Waals surface area (Å²) in [5, 5.41) is 0. The van der Waals surface area contributed by atoms with Crippen molar-refractivity contribution in [3.8, 4) is 0 Å². The normalized spacial score (nSPS) is 10.9. The zero-order valence-corrected chi connectivity index (χ0v) is 9.60. The van der Waals surface area contributed by atoms with Gasteiger partial charge in [-0.2, -0.15) is 0 Å². The number of H-pyrrole nitrogens is 1. The fourth-order valence-corrected chi connectivity index (χ4v) is 1.71. The molecule has 2 aromatic rings. The van der Waals surface area contributed by atoms with E-state index < -0.39 is 0 Å². The van der Waals surface area contributed by atoms with Crippen LogP contribution in [0.4, 0.5) is 5.82 Å². The summed E-state index contributed by atoms with van der Waals surface area (Å²) >= 11 is 0. The average molecular weight is 220 g/mol. The number of ether oxygens (including phenoxy) is 1. The second-order valence-electron chi connectivity index (χ2n) is 3.51. The largest absolute Gasteiger partial charge is 0.383 e. The van der Waals surface area contributed by atoms with Gasteiger partial charge in [0, 0.05) is 26.4 Å². The summed E-state index contributed by atoms with van der Waals surface area (Å²) in [6, 6.07) is 1.95. The van der Waals surface area contributed by atoms with E-state index in [9.17, 15) is 0 Å². The molecular weight excluding hydrogens is 204 g/mol. The fourth-order valence-electron chi connectivity index (χ4n) is 1.71. The number of likely N-dealkylation sites (N-methyl/N-ethyl adjacent to an activating group) is 1. The molecule has 0 atom stereocenters. The molecule has 5 nitrogen and oxygen atoms in total. The van der Waals surface area contributed by atoms with Crippen molar-refractivity contribution < 1.29 is 4.74 Å². The van der Waals surface area contributed by atoms with Crippen molar-refractivity contribution in [2.45, 2.75) is 6.92 Å². The van der Waals surface area contributed by atoms with Crippen LogP contribution in [0.5, 0.6) is 0 Å². The highest BCUT2D eigenvalue weighted by atomic mass is 16.5. The lowest BCUT2D eigenvalue weighted by molar-refractivity contribution is 0.205. The molecule has 0 aliphatic carbocycles. The van der Waals surface area contributed by atoms with Gasteiger partial charge >= 0.3 is 0 Å². The average Bonchev–Trinajstić information content (AvgIpc) is 2.78. The summed E-state index contributed by atoms with van der Waals surface area (Å²) in [5.74, 6) is 0.939. The van der Waals surface area contributed by atoms with E-state index in [2.05, 4.69) is 26.8 Å². The van der Waals surface area contributed by atoms with Crippen molar-refractivity contribution in [1.82, 2.24) is 15.0 Å². The van der Waals surface area contributed by atoms with E-state index >= 15 is 0 Å². The molecular formula is C11H16N4O. The lowest BCUT2D eigenvalue weighted by Gasteiger charge is -2.21. The molecule has 0 amide bonds. The molecule has 5 heteroatoms. The van der Waals surface area contributed by atoms with Crippen LogP contribution >= 0.6 is 0 Å². The van der Waals surface area contributed by atoms with Gasteiger partial charge in [0.05, 0.1) is 12.1 Å². The fraction of sp³-hybridized carbons (Fsp3) is 0.455. The monoisotopic (exact) mass is 220 g/mol. The summed E-state index contributed by atoms with van der Waals surface area (Å²) in [4.78, 5) is 13.9. The van der Waals surface area contributed by atoms with E-state index in [4.69, 9.17) is 4.74 Å². The number of methoxy groups -OCH3 is 1. The first-order valence-corrected chi connectivity index (χ1v) is 5.38. The molecule has 0 aliphatic rings. The number of rotatable bonds is 5. The van der Waals surface area contributed by atoms with E-state index in [-0.39, 0.29) is 0 Å². The van der Waals surface area contributed by atoms with Crippen LogP contribution in [-0.4, -0.2) is 41.8 Å². The van der Waals surface area contributed by atoms with Gasteiger partial charge in [0.1, 0.15) is 11.8 Å². The van der Waals surface area contributed by atoms with Crippen molar-refractivity contribution in [2.75, 3.05) is 31.7 Å². The highest BCUT2D eigenvalue weighted by Crippen LogP contribution is 2.20. The Bertz CT molecular complexity index is 454.